The average Bonchev–Trinajstić information content (AvgIpc) is 2.92. The minimum atomic E-state index is -4.51. The first kappa shape index (κ1) is 30.5. The Morgan fingerprint density at radius 2 is 1.73 bits per heavy atom. The molecule has 0 aliphatic heterocycles. The number of carbonyl (C=O) groups excluding carboxylic acids is 3. The quantitative estimate of drug-likeness (QED) is 0.269. The highest BCUT2D eigenvalue weighted by Gasteiger charge is 2.31. The normalized spacial score (nSPS) is 12.9. The molecule has 3 aromatic rings. The predicted octanol–water partition coefficient (Wildman–Crippen LogP) is 2.25. The summed E-state index contributed by atoms with van der Waals surface area (Å²) in [5.41, 5.74) is 12.4. The van der Waals surface area contributed by atoms with Crippen molar-refractivity contribution in [1.82, 2.24) is 10.2 Å². The Morgan fingerprint density at radius 1 is 1.02 bits per heavy atom. The number of nitrogens with one attached hydrogen (secondary N) is 3. The second-order valence-electron chi connectivity index (χ2n) is 9.40. The molecule has 0 saturated heterocycles. The number of rotatable bonds is 12. The van der Waals surface area contributed by atoms with E-state index in [9.17, 15) is 27.6 Å². The molecule has 12 heteroatoms. The molecule has 0 radical (unpaired) electrons. The van der Waals surface area contributed by atoms with Crippen molar-refractivity contribution in [1.29, 1.82) is 0 Å². The van der Waals surface area contributed by atoms with Gasteiger partial charge in [-0.25, -0.2) is 4.98 Å². The smallest absolute Gasteiger partial charge is 0.343 e. The Morgan fingerprint density at radius 3 is 2.38 bits per heavy atom. The van der Waals surface area contributed by atoms with E-state index in [4.69, 9.17) is 11.5 Å². The topological polar surface area (TPSA) is 145 Å². The minimum absolute atomic E-state index is 0.108. The lowest BCUT2D eigenvalue weighted by Gasteiger charge is -2.24. The van der Waals surface area contributed by atoms with Gasteiger partial charge in [-0.05, 0) is 36.2 Å². The van der Waals surface area contributed by atoms with Crippen molar-refractivity contribution in [3.05, 3.63) is 71.9 Å². The second kappa shape index (κ2) is 13.9. The highest BCUT2D eigenvalue weighted by molar-refractivity contribution is 5.99. The molecule has 2 atom stereocenters. The standard InChI is InChI=1S/C28H33F3N6O3/c1-2-12-37(13-11-32)25(38)16-22(33)26(39)36-24(14-18-7-9-20(10-8-18)28(29,30)31)27(40)35-21-15-19-5-3-4-6-23(19)34-17-21/h3-10,15,17,22,24H,2,11-14,16,32-33H2,1H3,(H,35,40)(H,36,39)/p+1. The molecule has 40 heavy (non-hydrogen) atoms. The number of nitrogens with zero attached hydrogens (tertiary/aromatic N) is 1. The first-order valence-electron chi connectivity index (χ1n) is 12.9. The second-order valence-corrected chi connectivity index (χ2v) is 9.40. The third kappa shape index (κ3) is 8.48. The fourth-order valence-corrected chi connectivity index (χ4v) is 4.17. The maximum absolute atomic E-state index is 13.3. The van der Waals surface area contributed by atoms with Crippen molar-refractivity contribution in [2.75, 3.05) is 25.0 Å². The monoisotopic (exact) mass is 559 g/mol. The molecule has 0 bridgehead atoms. The van der Waals surface area contributed by atoms with Gasteiger partial charge in [0, 0.05) is 37.5 Å². The summed E-state index contributed by atoms with van der Waals surface area (Å²) in [5.74, 6) is -1.69. The summed E-state index contributed by atoms with van der Waals surface area (Å²) in [4.78, 5) is 43.5. The van der Waals surface area contributed by atoms with Gasteiger partial charge in [0.15, 0.2) is 6.20 Å². The van der Waals surface area contributed by atoms with E-state index < -0.39 is 35.6 Å². The zero-order valence-corrected chi connectivity index (χ0v) is 22.1. The number of hydrogen-bond acceptors (Lipinski definition) is 5. The number of anilines is 1. The van der Waals surface area contributed by atoms with Crippen molar-refractivity contribution in [3.8, 4) is 0 Å². The predicted molar refractivity (Wildman–Crippen MR) is 145 cm³/mol. The Labute approximate surface area is 230 Å². The highest BCUT2D eigenvalue weighted by Crippen LogP contribution is 2.29. The van der Waals surface area contributed by atoms with Gasteiger partial charge in [-0.2, -0.15) is 13.2 Å². The number of alkyl halides is 3. The fraction of sp³-hybridized carbons (Fsp3) is 0.357. The lowest BCUT2D eigenvalue weighted by atomic mass is 10.0. The van der Waals surface area contributed by atoms with Crippen LogP contribution in [-0.2, 0) is 27.0 Å². The summed E-state index contributed by atoms with van der Waals surface area (Å²) in [5, 5.41) is 6.14. The van der Waals surface area contributed by atoms with E-state index in [1.165, 1.54) is 17.0 Å². The number of para-hydroxylation sites is 1. The average molecular weight is 560 g/mol. The maximum atomic E-state index is 13.3. The van der Waals surface area contributed by atoms with Gasteiger partial charge >= 0.3 is 6.18 Å². The van der Waals surface area contributed by atoms with E-state index in [-0.39, 0.29) is 25.3 Å². The van der Waals surface area contributed by atoms with Crippen LogP contribution in [0.5, 0.6) is 0 Å². The van der Waals surface area contributed by atoms with Crippen molar-refractivity contribution < 1.29 is 32.5 Å². The van der Waals surface area contributed by atoms with Crippen LogP contribution in [0.25, 0.3) is 10.9 Å². The lowest BCUT2D eigenvalue weighted by molar-refractivity contribution is -0.343. The Kier molecular flexibility index (Phi) is 10.6. The molecule has 3 amide bonds. The Bertz CT molecular complexity index is 1310. The van der Waals surface area contributed by atoms with Crippen molar-refractivity contribution in [2.45, 2.75) is 44.4 Å². The summed E-state index contributed by atoms with van der Waals surface area (Å²) in [6.45, 7) is 2.95. The largest absolute Gasteiger partial charge is 0.416 e. The first-order valence-corrected chi connectivity index (χ1v) is 12.9. The van der Waals surface area contributed by atoms with Gasteiger partial charge in [-0.1, -0.05) is 31.2 Å². The molecule has 1 aromatic heterocycles. The van der Waals surface area contributed by atoms with Gasteiger partial charge in [-0.15, -0.1) is 0 Å². The van der Waals surface area contributed by atoms with Crippen LogP contribution in [0.4, 0.5) is 18.9 Å². The van der Waals surface area contributed by atoms with Crippen molar-refractivity contribution in [3.63, 3.8) is 0 Å². The molecule has 2 aromatic carbocycles. The molecule has 0 aliphatic rings. The van der Waals surface area contributed by atoms with E-state index in [0.29, 0.717) is 30.8 Å². The first-order chi connectivity index (χ1) is 19.0. The van der Waals surface area contributed by atoms with Crippen LogP contribution in [-0.4, -0.2) is 54.3 Å². The number of pyridine rings is 1. The molecule has 1 heterocycles. The van der Waals surface area contributed by atoms with Crippen LogP contribution in [0.15, 0.2) is 60.8 Å². The third-order valence-electron chi connectivity index (χ3n) is 6.25. The lowest BCUT2D eigenvalue weighted by Crippen LogP contribution is -2.52. The van der Waals surface area contributed by atoms with Gasteiger partial charge in [-0.3, -0.25) is 14.4 Å². The summed E-state index contributed by atoms with van der Waals surface area (Å²) in [6.07, 6.45) is -2.62. The van der Waals surface area contributed by atoms with E-state index in [2.05, 4.69) is 15.6 Å². The van der Waals surface area contributed by atoms with Gasteiger partial charge in [0.05, 0.1) is 18.0 Å². The van der Waals surface area contributed by atoms with Crippen molar-refractivity contribution >= 4 is 34.3 Å². The highest BCUT2D eigenvalue weighted by atomic mass is 19.4. The van der Waals surface area contributed by atoms with Crippen LogP contribution >= 0.6 is 0 Å². The molecule has 7 N–H and O–H groups in total. The number of aromatic nitrogens is 1. The zero-order chi connectivity index (χ0) is 29.3. The molecule has 9 nitrogen and oxygen atoms in total. The summed E-state index contributed by atoms with van der Waals surface area (Å²) in [7, 11) is 0. The number of carbonyl (C=O) groups is 3. The number of halogens is 3. The summed E-state index contributed by atoms with van der Waals surface area (Å²) in [6, 6.07) is 11.0. The Hall–Kier alpha value is -4.03. The molecule has 0 saturated carbocycles. The summed E-state index contributed by atoms with van der Waals surface area (Å²) < 4.78 is 39.0. The molecule has 214 valence electrons. The van der Waals surface area contributed by atoms with Crippen LogP contribution in [0.2, 0.25) is 0 Å². The third-order valence-corrected chi connectivity index (χ3v) is 6.25. The number of hydrogen-bond donors (Lipinski definition) is 4. The van der Waals surface area contributed by atoms with Crippen LogP contribution in [0, 0.1) is 0 Å². The molecule has 0 spiro atoms. The van der Waals surface area contributed by atoms with Gasteiger partial charge < -0.3 is 27.0 Å². The summed E-state index contributed by atoms with van der Waals surface area (Å²) >= 11 is 0. The molecule has 0 fully saturated rings. The van der Waals surface area contributed by atoms with Crippen LogP contribution in [0.3, 0.4) is 0 Å². The zero-order valence-electron chi connectivity index (χ0n) is 22.1. The van der Waals surface area contributed by atoms with Crippen molar-refractivity contribution in [2.24, 2.45) is 11.5 Å². The molecular formula is C28H34F3N6O3+. The number of nitrogens with two attached hydrogens (primary N) is 2. The van der Waals surface area contributed by atoms with Crippen LogP contribution in [0.1, 0.15) is 30.9 Å². The van der Waals surface area contributed by atoms with E-state index >= 15 is 0 Å². The van der Waals surface area contributed by atoms with Crippen LogP contribution < -0.4 is 27.1 Å². The van der Waals surface area contributed by atoms with E-state index in [0.717, 1.165) is 23.0 Å². The number of amides is 3. The molecular weight excluding hydrogens is 525 g/mol. The number of H-pyrrole nitrogens is 1. The van der Waals surface area contributed by atoms with Gasteiger partial charge in [0.2, 0.25) is 23.2 Å². The number of aromatic amines is 1. The van der Waals surface area contributed by atoms with Gasteiger partial charge in [0.25, 0.3) is 0 Å². The molecule has 0 aliphatic carbocycles. The maximum Gasteiger partial charge on any atom is 0.416 e. The van der Waals surface area contributed by atoms with E-state index in [1.54, 1.807) is 12.3 Å². The number of fused-ring (bicyclic) bond motifs is 1. The fourth-order valence-electron chi connectivity index (χ4n) is 4.17. The number of benzene rings is 2. The molecule has 2 unspecified atom stereocenters. The van der Waals surface area contributed by atoms with Gasteiger partial charge in [0.1, 0.15) is 11.7 Å². The van der Waals surface area contributed by atoms with E-state index in [1.807, 2.05) is 31.2 Å². The SMILES string of the molecule is CCCN(CCN)C(=O)CC(N)C(=O)NC(Cc1ccc(C(F)(F)F)cc1)C(=O)Nc1c[nH+]c2ccccc2c1. The molecule has 3 rings (SSSR count). The Balaban J connectivity index is 1.77. The minimum Gasteiger partial charge on any atom is -0.343 e.